The number of rotatable bonds is 3. The zero-order valence-electron chi connectivity index (χ0n) is 9.41. The quantitative estimate of drug-likeness (QED) is 0.812. The number of aromatic nitrogens is 3. The van der Waals surface area contributed by atoms with Gasteiger partial charge in [0.05, 0.1) is 5.69 Å². The van der Waals surface area contributed by atoms with E-state index in [1.807, 2.05) is 31.9 Å². The van der Waals surface area contributed by atoms with Crippen molar-refractivity contribution in [3.05, 3.63) is 23.5 Å². The van der Waals surface area contributed by atoms with E-state index in [0.29, 0.717) is 0 Å². The molecule has 0 spiro atoms. The summed E-state index contributed by atoms with van der Waals surface area (Å²) in [6, 6.07) is 2.18. The Kier molecular flexibility index (Phi) is 2.68. The van der Waals surface area contributed by atoms with Crippen molar-refractivity contribution in [3.8, 4) is 0 Å². The van der Waals surface area contributed by atoms with Crippen molar-refractivity contribution < 1.29 is 0 Å². The van der Waals surface area contributed by atoms with Crippen LogP contribution in [0.25, 0.3) is 11.0 Å². The molecule has 2 rings (SSSR count). The highest BCUT2D eigenvalue weighted by Gasteiger charge is 2.06. The molecule has 2 aromatic heterocycles. The minimum Gasteiger partial charge on any atom is -0.319 e. The lowest BCUT2D eigenvalue weighted by atomic mass is 10.1. The fraction of sp³-hybridized carbons (Fsp3) is 0.455. The van der Waals surface area contributed by atoms with Gasteiger partial charge in [-0.3, -0.25) is 4.68 Å². The number of fused-ring (bicyclic) bond motifs is 1. The van der Waals surface area contributed by atoms with Crippen molar-refractivity contribution in [2.75, 3.05) is 13.6 Å². The summed E-state index contributed by atoms with van der Waals surface area (Å²) in [5, 5.41) is 8.64. The van der Waals surface area contributed by atoms with Crippen LogP contribution in [-0.4, -0.2) is 28.4 Å². The van der Waals surface area contributed by atoms with Gasteiger partial charge in [0.15, 0.2) is 5.65 Å². The van der Waals surface area contributed by atoms with E-state index in [1.54, 1.807) is 0 Å². The van der Waals surface area contributed by atoms with E-state index in [2.05, 4.69) is 21.5 Å². The van der Waals surface area contributed by atoms with E-state index in [9.17, 15) is 0 Å². The third-order valence-electron chi connectivity index (χ3n) is 2.58. The van der Waals surface area contributed by atoms with Crippen molar-refractivity contribution >= 4 is 11.0 Å². The van der Waals surface area contributed by atoms with Crippen LogP contribution in [0.3, 0.4) is 0 Å². The molecule has 0 aliphatic carbocycles. The maximum Gasteiger partial charge on any atom is 0.157 e. The predicted molar refractivity (Wildman–Crippen MR) is 60.9 cm³/mol. The zero-order chi connectivity index (χ0) is 10.8. The molecule has 80 valence electrons. The minimum atomic E-state index is 0.959. The van der Waals surface area contributed by atoms with E-state index in [-0.39, 0.29) is 0 Å². The number of pyridine rings is 1. The van der Waals surface area contributed by atoms with E-state index in [0.717, 1.165) is 29.7 Å². The molecule has 4 nitrogen and oxygen atoms in total. The third kappa shape index (κ3) is 1.85. The summed E-state index contributed by atoms with van der Waals surface area (Å²) >= 11 is 0. The van der Waals surface area contributed by atoms with Crippen LogP contribution in [0.4, 0.5) is 0 Å². The number of likely N-dealkylation sites (N-methyl/N-ethyl adjacent to an activating group) is 1. The van der Waals surface area contributed by atoms with Gasteiger partial charge in [0, 0.05) is 18.6 Å². The van der Waals surface area contributed by atoms with Crippen molar-refractivity contribution in [2.24, 2.45) is 7.05 Å². The Morgan fingerprint density at radius 2 is 2.27 bits per heavy atom. The molecule has 0 aliphatic heterocycles. The normalized spacial score (nSPS) is 11.1. The molecule has 0 atom stereocenters. The molecular formula is C11H16N4. The smallest absolute Gasteiger partial charge is 0.157 e. The second kappa shape index (κ2) is 3.98. The maximum atomic E-state index is 4.43. The average molecular weight is 204 g/mol. The third-order valence-corrected chi connectivity index (χ3v) is 2.58. The van der Waals surface area contributed by atoms with Gasteiger partial charge in [-0.2, -0.15) is 5.10 Å². The first kappa shape index (κ1) is 10.1. The largest absolute Gasteiger partial charge is 0.319 e. The van der Waals surface area contributed by atoms with Crippen LogP contribution in [0.1, 0.15) is 11.3 Å². The van der Waals surface area contributed by atoms with Gasteiger partial charge in [0.25, 0.3) is 0 Å². The van der Waals surface area contributed by atoms with Crippen LogP contribution in [0.5, 0.6) is 0 Å². The van der Waals surface area contributed by atoms with Crippen molar-refractivity contribution in [1.82, 2.24) is 20.1 Å². The van der Waals surface area contributed by atoms with Gasteiger partial charge < -0.3 is 5.32 Å². The Labute approximate surface area is 89.3 Å². The highest BCUT2D eigenvalue weighted by Crippen LogP contribution is 2.16. The topological polar surface area (TPSA) is 42.7 Å². The summed E-state index contributed by atoms with van der Waals surface area (Å²) in [5.41, 5.74) is 3.26. The first-order chi connectivity index (χ1) is 7.22. The second-order valence-electron chi connectivity index (χ2n) is 3.78. The molecule has 0 radical (unpaired) electrons. The molecule has 0 unspecified atom stereocenters. The standard InChI is InChI=1S/C11H16N4/c1-8-10-6-9(4-5-12-2)7-13-11(10)15(3)14-8/h6-7,12H,4-5H2,1-3H3. The van der Waals surface area contributed by atoms with E-state index < -0.39 is 0 Å². The number of hydrogen-bond donors (Lipinski definition) is 1. The lowest BCUT2D eigenvalue weighted by molar-refractivity contribution is 0.771. The summed E-state index contributed by atoms with van der Waals surface area (Å²) < 4.78 is 1.83. The van der Waals surface area contributed by atoms with Gasteiger partial charge in [0.2, 0.25) is 0 Å². The number of nitrogens with zero attached hydrogens (tertiary/aromatic N) is 3. The van der Waals surface area contributed by atoms with E-state index >= 15 is 0 Å². The number of aryl methyl sites for hydroxylation is 2. The number of hydrogen-bond acceptors (Lipinski definition) is 3. The van der Waals surface area contributed by atoms with Crippen LogP contribution < -0.4 is 5.32 Å². The second-order valence-corrected chi connectivity index (χ2v) is 3.78. The Balaban J connectivity index is 2.41. The van der Waals surface area contributed by atoms with Gasteiger partial charge in [-0.15, -0.1) is 0 Å². The van der Waals surface area contributed by atoms with E-state index in [4.69, 9.17) is 0 Å². The summed E-state index contributed by atoms with van der Waals surface area (Å²) in [5.74, 6) is 0. The Hall–Kier alpha value is -1.42. The highest BCUT2D eigenvalue weighted by molar-refractivity contribution is 5.78. The molecule has 0 aromatic carbocycles. The minimum absolute atomic E-state index is 0.959. The molecule has 0 amide bonds. The van der Waals surface area contributed by atoms with Crippen molar-refractivity contribution in [1.29, 1.82) is 0 Å². The Morgan fingerprint density at radius 1 is 1.47 bits per heavy atom. The fourth-order valence-corrected chi connectivity index (χ4v) is 1.76. The Bertz CT molecular complexity index is 473. The van der Waals surface area contributed by atoms with Crippen LogP contribution in [0.15, 0.2) is 12.3 Å². The molecule has 4 heteroatoms. The molecule has 2 heterocycles. The maximum absolute atomic E-state index is 4.43. The Morgan fingerprint density at radius 3 is 3.00 bits per heavy atom. The molecule has 0 aliphatic rings. The van der Waals surface area contributed by atoms with Crippen molar-refractivity contribution in [2.45, 2.75) is 13.3 Å². The van der Waals surface area contributed by atoms with Crippen LogP contribution in [0.2, 0.25) is 0 Å². The summed E-state index contributed by atoms with van der Waals surface area (Å²) in [7, 11) is 3.89. The predicted octanol–water partition coefficient (Wildman–Crippen LogP) is 1.04. The fourth-order valence-electron chi connectivity index (χ4n) is 1.76. The molecule has 2 aromatic rings. The summed E-state index contributed by atoms with van der Waals surface area (Å²) in [6.45, 7) is 3.00. The molecule has 0 fully saturated rings. The zero-order valence-corrected chi connectivity index (χ0v) is 9.41. The van der Waals surface area contributed by atoms with Gasteiger partial charge >= 0.3 is 0 Å². The molecule has 15 heavy (non-hydrogen) atoms. The van der Waals surface area contributed by atoms with Gasteiger partial charge in [-0.05, 0) is 38.6 Å². The van der Waals surface area contributed by atoms with Gasteiger partial charge in [0.1, 0.15) is 0 Å². The molecule has 0 saturated carbocycles. The average Bonchev–Trinajstić information content (AvgIpc) is 2.52. The monoisotopic (exact) mass is 204 g/mol. The first-order valence-corrected chi connectivity index (χ1v) is 5.15. The highest BCUT2D eigenvalue weighted by atomic mass is 15.3. The summed E-state index contributed by atoms with van der Waals surface area (Å²) in [4.78, 5) is 4.43. The van der Waals surface area contributed by atoms with Crippen LogP contribution in [0, 0.1) is 6.92 Å². The summed E-state index contributed by atoms with van der Waals surface area (Å²) in [6.07, 6.45) is 2.94. The van der Waals surface area contributed by atoms with Gasteiger partial charge in [-0.25, -0.2) is 4.98 Å². The van der Waals surface area contributed by atoms with Crippen molar-refractivity contribution in [3.63, 3.8) is 0 Å². The van der Waals surface area contributed by atoms with E-state index in [1.165, 1.54) is 5.56 Å². The lowest BCUT2D eigenvalue weighted by Gasteiger charge is -2.00. The molecule has 0 bridgehead atoms. The SMILES string of the molecule is CNCCc1cnc2c(c1)c(C)nn2C. The lowest BCUT2D eigenvalue weighted by Crippen LogP contribution is -2.10. The molecule has 0 saturated heterocycles. The van der Waals surface area contributed by atoms with Gasteiger partial charge in [-0.1, -0.05) is 0 Å². The first-order valence-electron chi connectivity index (χ1n) is 5.15. The number of nitrogens with one attached hydrogen (secondary N) is 1. The molecular weight excluding hydrogens is 188 g/mol. The molecule has 1 N–H and O–H groups in total. The van der Waals surface area contributed by atoms with Crippen LogP contribution in [-0.2, 0) is 13.5 Å². The van der Waals surface area contributed by atoms with Crippen LogP contribution >= 0.6 is 0 Å².